The van der Waals surface area contributed by atoms with Gasteiger partial charge in [0, 0.05) is 18.5 Å². The lowest BCUT2D eigenvalue weighted by Gasteiger charge is -2.23. The van der Waals surface area contributed by atoms with Crippen LogP contribution in [0.5, 0.6) is 0 Å². The van der Waals surface area contributed by atoms with Gasteiger partial charge in [0.2, 0.25) is 10.0 Å². The molecule has 0 aliphatic heterocycles. The molecule has 0 aliphatic rings. The van der Waals surface area contributed by atoms with Crippen molar-refractivity contribution in [3.05, 3.63) is 29.8 Å². The monoisotopic (exact) mass is 381 g/mol. The second-order valence-electron chi connectivity index (χ2n) is 6.62. The number of nitrogens with zero attached hydrogens (tertiary/aromatic N) is 1. The molecule has 0 spiro atoms. The van der Waals surface area contributed by atoms with E-state index >= 15 is 0 Å². The molecule has 0 aliphatic carbocycles. The number of sulfonamides is 1. The summed E-state index contributed by atoms with van der Waals surface area (Å²) in [5, 5.41) is 11.1. The van der Waals surface area contributed by atoms with Crippen molar-refractivity contribution in [1.29, 1.82) is 5.26 Å². The van der Waals surface area contributed by atoms with Gasteiger partial charge in [-0.2, -0.15) is 5.26 Å². The Balaban J connectivity index is 2.75. The van der Waals surface area contributed by atoms with Gasteiger partial charge >= 0.3 is 5.97 Å². The zero-order chi connectivity index (χ0) is 20.0. The predicted octanol–water partition coefficient (Wildman–Crippen LogP) is 1.34. The summed E-state index contributed by atoms with van der Waals surface area (Å²) in [6.07, 6.45) is -0.934. The van der Waals surface area contributed by atoms with Crippen molar-refractivity contribution in [2.45, 2.75) is 50.7 Å². The average molecular weight is 381 g/mol. The number of nitriles is 1. The molecule has 0 saturated heterocycles. The normalized spacial score (nSPS) is 12.7. The van der Waals surface area contributed by atoms with Crippen molar-refractivity contribution in [1.82, 2.24) is 10.0 Å². The van der Waals surface area contributed by atoms with Gasteiger partial charge in [0.1, 0.15) is 0 Å². The highest BCUT2D eigenvalue weighted by Gasteiger charge is 2.23. The van der Waals surface area contributed by atoms with E-state index in [2.05, 4.69) is 10.0 Å². The molecular formula is C17H23N3O5S. The second-order valence-corrected chi connectivity index (χ2v) is 8.38. The fourth-order valence-corrected chi connectivity index (χ4v) is 2.88. The maximum Gasteiger partial charge on any atom is 0.338 e. The predicted molar refractivity (Wildman–Crippen MR) is 94.6 cm³/mol. The molecule has 1 amide bonds. The van der Waals surface area contributed by atoms with Crippen LogP contribution in [0.4, 0.5) is 0 Å². The number of esters is 1. The van der Waals surface area contributed by atoms with E-state index in [1.807, 2.05) is 26.8 Å². The highest BCUT2D eigenvalue weighted by molar-refractivity contribution is 7.89. The summed E-state index contributed by atoms with van der Waals surface area (Å²) in [7, 11) is -3.75. The summed E-state index contributed by atoms with van der Waals surface area (Å²) in [5.74, 6) is -1.16. The number of rotatable bonds is 7. The number of ether oxygens (including phenoxy) is 1. The first-order valence-electron chi connectivity index (χ1n) is 7.96. The first kappa shape index (κ1) is 21.6. The molecule has 0 heterocycles. The third kappa shape index (κ3) is 6.82. The number of hydrogen-bond acceptors (Lipinski definition) is 6. The van der Waals surface area contributed by atoms with Gasteiger partial charge in [-0.25, -0.2) is 17.9 Å². The van der Waals surface area contributed by atoms with E-state index in [1.165, 1.54) is 31.2 Å². The van der Waals surface area contributed by atoms with Gasteiger partial charge in [0.05, 0.1) is 16.5 Å². The zero-order valence-corrected chi connectivity index (χ0v) is 16.0. The van der Waals surface area contributed by atoms with Crippen LogP contribution in [-0.4, -0.2) is 38.5 Å². The third-order valence-corrected chi connectivity index (χ3v) is 4.56. The Kier molecular flexibility index (Phi) is 7.29. The van der Waals surface area contributed by atoms with Crippen molar-refractivity contribution >= 4 is 21.9 Å². The molecule has 0 bridgehead atoms. The topological polar surface area (TPSA) is 125 Å². The lowest BCUT2D eigenvalue weighted by molar-refractivity contribution is -0.130. The van der Waals surface area contributed by atoms with E-state index in [4.69, 9.17) is 10.00 Å². The number of nitrogens with one attached hydrogen (secondary N) is 2. The molecule has 9 heteroatoms. The van der Waals surface area contributed by atoms with Crippen molar-refractivity contribution in [2.24, 2.45) is 0 Å². The van der Waals surface area contributed by atoms with Crippen LogP contribution in [0.25, 0.3) is 0 Å². The molecule has 1 atom stereocenters. The average Bonchev–Trinajstić information content (AvgIpc) is 2.53. The lowest BCUT2D eigenvalue weighted by Crippen LogP contribution is -2.46. The van der Waals surface area contributed by atoms with Gasteiger partial charge in [-0.05, 0) is 52.0 Å². The van der Waals surface area contributed by atoms with E-state index in [0.29, 0.717) is 0 Å². The molecule has 142 valence electrons. The van der Waals surface area contributed by atoms with Gasteiger partial charge < -0.3 is 10.1 Å². The molecule has 2 N–H and O–H groups in total. The van der Waals surface area contributed by atoms with Crippen molar-refractivity contribution < 1.29 is 22.7 Å². The maximum atomic E-state index is 12.1. The molecule has 0 unspecified atom stereocenters. The Morgan fingerprint density at radius 3 is 2.31 bits per heavy atom. The number of carbonyl (C=O) groups is 2. The summed E-state index contributed by atoms with van der Waals surface area (Å²) in [4.78, 5) is 24.0. The molecule has 0 fully saturated rings. The number of benzene rings is 1. The summed E-state index contributed by atoms with van der Waals surface area (Å²) >= 11 is 0. The fraction of sp³-hybridized carbons (Fsp3) is 0.471. The molecule has 1 aromatic rings. The van der Waals surface area contributed by atoms with Crippen LogP contribution in [0.15, 0.2) is 29.2 Å². The van der Waals surface area contributed by atoms with Crippen molar-refractivity contribution in [3.63, 3.8) is 0 Å². The first-order chi connectivity index (χ1) is 12.0. The first-order valence-corrected chi connectivity index (χ1v) is 9.44. The fourth-order valence-electron chi connectivity index (χ4n) is 1.85. The van der Waals surface area contributed by atoms with Crippen LogP contribution in [0.1, 0.15) is 44.5 Å². The Morgan fingerprint density at radius 2 is 1.81 bits per heavy atom. The summed E-state index contributed by atoms with van der Waals surface area (Å²) in [6, 6.07) is 6.95. The quantitative estimate of drug-likeness (QED) is 0.542. The SMILES string of the molecule is C[C@@H](OC(=O)c1ccc(S(=O)(=O)NCCC#N)cc1)C(=O)NC(C)(C)C. The van der Waals surface area contributed by atoms with Crippen LogP contribution in [0, 0.1) is 11.3 Å². The van der Waals surface area contributed by atoms with Crippen LogP contribution < -0.4 is 10.0 Å². The Morgan fingerprint density at radius 1 is 1.23 bits per heavy atom. The van der Waals surface area contributed by atoms with Crippen molar-refractivity contribution in [3.8, 4) is 6.07 Å². The Labute approximate surface area is 153 Å². The third-order valence-electron chi connectivity index (χ3n) is 3.08. The van der Waals surface area contributed by atoms with E-state index in [-0.39, 0.29) is 23.4 Å². The smallest absolute Gasteiger partial charge is 0.338 e. The van der Waals surface area contributed by atoms with Crippen LogP contribution in [-0.2, 0) is 19.6 Å². The van der Waals surface area contributed by atoms with Crippen LogP contribution in [0.2, 0.25) is 0 Å². The molecule has 0 aromatic heterocycles. The van der Waals surface area contributed by atoms with Gasteiger partial charge in [0.15, 0.2) is 6.10 Å². The van der Waals surface area contributed by atoms with Gasteiger partial charge in [-0.1, -0.05) is 0 Å². The second kappa shape index (κ2) is 8.78. The molecule has 8 nitrogen and oxygen atoms in total. The minimum atomic E-state index is -3.75. The highest BCUT2D eigenvalue weighted by atomic mass is 32.2. The molecule has 26 heavy (non-hydrogen) atoms. The molecular weight excluding hydrogens is 358 g/mol. The molecule has 0 saturated carbocycles. The largest absolute Gasteiger partial charge is 0.449 e. The van der Waals surface area contributed by atoms with E-state index in [9.17, 15) is 18.0 Å². The minimum Gasteiger partial charge on any atom is -0.449 e. The summed E-state index contributed by atoms with van der Waals surface area (Å²) < 4.78 is 31.4. The van der Waals surface area contributed by atoms with E-state index < -0.39 is 33.5 Å². The molecule has 1 aromatic carbocycles. The number of carbonyl (C=O) groups excluding carboxylic acids is 2. The minimum absolute atomic E-state index is 0.00301. The van der Waals surface area contributed by atoms with Crippen LogP contribution >= 0.6 is 0 Å². The number of amides is 1. The highest BCUT2D eigenvalue weighted by Crippen LogP contribution is 2.12. The molecule has 1 rings (SSSR count). The van der Waals surface area contributed by atoms with Gasteiger partial charge in [-0.15, -0.1) is 0 Å². The van der Waals surface area contributed by atoms with Gasteiger partial charge in [0.25, 0.3) is 5.91 Å². The lowest BCUT2D eigenvalue weighted by atomic mass is 10.1. The van der Waals surface area contributed by atoms with E-state index in [0.717, 1.165) is 0 Å². The Hall–Kier alpha value is -2.44. The summed E-state index contributed by atoms with van der Waals surface area (Å²) in [6.45, 7) is 6.88. The molecule has 0 radical (unpaired) electrons. The van der Waals surface area contributed by atoms with E-state index in [1.54, 1.807) is 0 Å². The van der Waals surface area contributed by atoms with Crippen molar-refractivity contribution in [2.75, 3.05) is 6.54 Å². The summed E-state index contributed by atoms with van der Waals surface area (Å²) in [5.41, 5.74) is -0.330. The van der Waals surface area contributed by atoms with Crippen LogP contribution in [0.3, 0.4) is 0 Å². The maximum absolute atomic E-state index is 12.1. The standard InChI is InChI=1S/C17H23N3O5S/c1-12(15(21)20-17(2,3)4)25-16(22)13-6-8-14(9-7-13)26(23,24)19-11-5-10-18/h6-9,12,19H,5,11H2,1-4H3,(H,20,21)/t12-/m1/s1. The zero-order valence-electron chi connectivity index (χ0n) is 15.2. The number of hydrogen-bond donors (Lipinski definition) is 2. The van der Waals surface area contributed by atoms with Gasteiger partial charge in [-0.3, -0.25) is 4.79 Å². The Bertz CT molecular complexity index is 789.